The minimum atomic E-state index is -0.411. The molecule has 0 bridgehead atoms. The molecule has 0 spiro atoms. The fourth-order valence-electron chi connectivity index (χ4n) is 9.49. The summed E-state index contributed by atoms with van der Waals surface area (Å²) in [6, 6.07) is 42.0. The number of unbranched alkanes of at least 4 members (excludes halogenated alkanes) is 10. The molecule has 258 valence electrons. The molecule has 50 heavy (non-hydrogen) atoms. The molecule has 2 heteroatoms. The summed E-state index contributed by atoms with van der Waals surface area (Å²) in [5.74, 6) is 0. The first-order valence-electron chi connectivity index (χ1n) is 19.5. The van der Waals surface area contributed by atoms with E-state index in [1.165, 1.54) is 139 Å². The van der Waals surface area contributed by atoms with Crippen LogP contribution < -0.4 is 0 Å². The van der Waals surface area contributed by atoms with Crippen LogP contribution in [0.15, 0.2) is 118 Å². The summed E-state index contributed by atoms with van der Waals surface area (Å²) in [6.07, 6.45) is 18.4. The van der Waals surface area contributed by atoms with Gasteiger partial charge in [-0.15, -0.1) is 0 Å². The van der Waals surface area contributed by atoms with Gasteiger partial charge in [0.1, 0.15) is 0 Å². The predicted molar refractivity (Wildman–Crippen MR) is 221 cm³/mol. The van der Waals surface area contributed by atoms with Crippen LogP contribution in [-0.4, -0.2) is 0 Å². The highest BCUT2D eigenvalue weighted by Gasteiger charge is 2.50. The number of fused-ring (bicyclic) bond motifs is 6. The normalized spacial score (nSPS) is 14.6. The second kappa shape index (κ2) is 15.7. The van der Waals surface area contributed by atoms with Crippen LogP contribution in [0.5, 0.6) is 0 Å². The topological polar surface area (TPSA) is 0 Å². The average Bonchev–Trinajstić information content (AvgIpc) is 3.57. The van der Waals surface area contributed by atoms with E-state index in [-0.39, 0.29) is 5.41 Å². The number of halogens is 2. The quantitative estimate of drug-likeness (QED) is 0.0857. The Bertz CT molecular complexity index is 1850. The minimum Gasteiger partial charge on any atom is -0.0654 e. The molecule has 0 heterocycles. The SMILES string of the molecule is CCCCCCCCC1(CCCCCCCC)c2cc(Br)ccc2-c2cc3c(cc21)-c1ccc(Br)cc1C3(c1ccccc1)c1ccccc1. The summed E-state index contributed by atoms with van der Waals surface area (Å²) in [6.45, 7) is 4.64. The molecule has 0 nitrogen and oxygen atoms in total. The molecule has 2 aliphatic carbocycles. The van der Waals surface area contributed by atoms with Crippen LogP contribution in [-0.2, 0) is 10.8 Å². The maximum Gasteiger partial charge on any atom is 0.0714 e. The van der Waals surface area contributed by atoms with Crippen molar-refractivity contribution in [3.8, 4) is 22.3 Å². The zero-order chi connectivity index (χ0) is 34.6. The fraction of sp³-hybridized carbons (Fsp3) is 0.375. The second-order valence-corrected chi connectivity index (χ2v) is 16.8. The Morgan fingerprint density at radius 1 is 0.400 bits per heavy atom. The lowest BCUT2D eigenvalue weighted by molar-refractivity contribution is 0.398. The monoisotopic (exact) mass is 786 g/mol. The number of benzene rings is 5. The van der Waals surface area contributed by atoms with E-state index in [1.54, 1.807) is 11.1 Å². The maximum absolute atomic E-state index is 3.94. The summed E-state index contributed by atoms with van der Waals surface area (Å²) >= 11 is 7.84. The highest BCUT2D eigenvalue weighted by Crippen LogP contribution is 2.62. The first kappa shape index (κ1) is 35.5. The van der Waals surface area contributed by atoms with Gasteiger partial charge in [-0.05, 0) is 105 Å². The Morgan fingerprint density at radius 3 is 1.34 bits per heavy atom. The van der Waals surface area contributed by atoms with Gasteiger partial charge < -0.3 is 0 Å². The van der Waals surface area contributed by atoms with Gasteiger partial charge in [-0.3, -0.25) is 0 Å². The standard InChI is InChI=1S/C48H52Br2/c1-3-5-7-9-11-19-29-47(30-20-12-10-8-6-4-2)43-31-37(49)25-27-39(43)41-34-46-42(33-44(41)47)40-28-26-38(50)32-45(40)48(46,35-21-15-13-16-22-35)36-23-17-14-18-24-36/h13-18,21-28,31-34H,3-12,19-20,29-30H2,1-2H3. The zero-order valence-corrected chi connectivity index (χ0v) is 33.2. The van der Waals surface area contributed by atoms with Crippen molar-refractivity contribution in [2.24, 2.45) is 0 Å². The molecule has 7 rings (SSSR count). The van der Waals surface area contributed by atoms with Gasteiger partial charge in [0.15, 0.2) is 0 Å². The van der Waals surface area contributed by atoms with E-state index in [0.717, 1.165) is 4.47 Å². The first-order valence-corrected chi connectivity index (χ1v) is 21.0. The Labute approximate surface area is 318 Å². The van der Waals surface area contributed by atoms with E-state index in [1.807, 2.05) is 0 Å². The largest absolute Gasteiger partial charge is 0.0714 e. The second-order valence-electron chi connectivity index (χ2n) is 14.9. The van der Waals surface area contributed by atoms with Crippen molar-refractivity contribution in [1.29, 1.82) is 0 Å². The Balaban J connectivity index is 1.44. The summed E-state index contributed by atoms with van der Waals surface area (Å²) < 4.78 is 2.33. The van der Waals surface area contributed by atoms with Crippen LogP contribution in [0.3, 0.4) is 0 Å². The average molecular weight is 789 g/mol. The minimum absolute atomic E-state index is 0.0270. The lowest BCUT2D eigenvalue weighted by Gasteiger charge is -2.35. The highest BCUT2D eigenvalue weighted by molar-refractivity contribution is 9.10. The van der Waals surface area contributed by atoms with E-state index in [0.29, 0.717) is 0 Å². The van der Waals surface area contributed by atoms with Gasteiger partial charge in [0, 0.05) is 14.4 Å². The molecule has 5 aromatic rings. The van der Waals surface area contributed by atoms with Crippen molar-refractivity contribution in [3.63, 3.8) is 0 Å². The summed E-state index contributed by atoms with van der Waals surface area (Å²) in [5.41, 5.74) is 13.8. The van der Waals surface area contributed by atoms with Crippen LogP contribution >= 0.6 is 31.9 Å². The summed E-state index contributed by atoms with van der Waals surface area (Å²) in [5, 5.41) is 0. The van der Waals surface area contributed by atoms with Crippen molar-refractivity contribution in [1.82, 2.24) is 0 Å². The van der Waals surface area contributed by atoms with E-state index in [4.69, 9.17) is 0 Å². The van der Waals surface area contributed by atoms with Crippen molar-refractivity contribution >= 4 is 31.9 Å². The van der Waals surface area contributed by atoms with E-state index >= 15 is 0 Å². The highest BCUT2D eigenvalue weighted by atomic mass is 79.9. The molecule has 0 saturated heterocycles. The van der Waals surface area contributed by atoms with Gasteiger partial charge in [0.2, 0.25) is 0 Å². The molecular weight excluding hydrogens is 736 g/mol. The molecule has 5 aromatic carbocycles. The van der Waals surface area contributed by atoms with Crippen LogP contribution in [0.1, 0.15) is 137 Å². The van der Waals surface area contributed by atoms with Gasteiger partial charge in [-0.25, -0.2) is 0 Å². The Morgan fingerprint density at radius 2 is 0.800 bits per heavy atom. The third kappa shape index (κ3) is 6.38. The molecule has 0 unspecified atom stereocenters. The molecule has 0 amide bonds. The van der Waals surface area contributed by atoms with Gasteiger partial charge in [0.25, 0.3) is 0 Å². The zero-order valence-electron chi connectivity index (χ0n) is 30.0. The van der Waals surface area contributed by atoms with Crippen LogP contribution in [0.25, 0.3) is 22.3 Å². The summed E-state index contributed by atoms with van der Waals surface area (Å²) in [7, 11) is 0. The van der Waals surface area contributed by atoms with Crippen molar-refractivity contribution in [3.05, 3.63) is 152 Å². The number of rotatable bonds is 16. The first-order chi connectivity index (χ1) is 24.5. The smallest absolute Gasteiger partial charge is 0.0654 e. The predicted octanol–water partition coefficient (Wildman–Crippen LogP) is 15.3. The van der Waals surface area contributed by atoms with Crippen LogP contribution in [0, 0.1) is 0 Å². The van der Waals surface area contributed by atoms with Crippen molar-refractivity contribution in [2.45, 2.75) is 115 Å². The third-order valence-corrected chi connectivity index (χ3v) is 12.9. The molecule has 0 aromatic heterocycles. The molecular formula is C48H52Br2. The van der Waals surface area contributed by atoms with E-state index in [9.17, 15) is 0 Å². The third-order valence-electron chi connectivity index (χ3n) is 11.9. The Hall–Kier alpha value is -2.94. The Kier molecular flexibility index (Phi) is 11.2. The van der Waals surface area contributed by atoms with E-state index in [2.05, 4.69) is 155 Å². The number of hydrogen-bond donors (Lipinski definition) is 0. The van der Waals surface area contributed by atoms with E-state index < -0.39 is 5.41 Å². The maximum atomic E-state index is 3.94. The molecule has 2 aliphatic rings. The van der Waals surface area contributed by atoms with Crippen molar-refractivity contribution in [2.75, 3.05) is 0 Å². The van der Waals surface area contributed by atoms with Gasteiger partial charge in [0.05, 0.1) is 5.41 Å². The summed E-state index contributed by atoms with van der Waals surface area (Å²) in [4.78, 5) is 0. The molecule has 0 aliphatic heterocycles. The fourth-order valence-corrected chi connectivity index (χ4v) is 10.2. The van der Waals surface area contributed by atoms with Gasteiger partial charge in [-0.1, -0.05) is 196 Å². The van der Waals surface area contributed by atoms with Crippen molar-refractivity contribution < 1.29 is 0 Å². The lowest BCUT2D eigenvalue weighted by atomic mass is 9.67. The van der Waals surface area contributed by atoms with Gasteiger partial charge in [-0.2, -0.15) is 0 Å². The molecule has 0 atom stereocenters. The number of hydrogen-bond acceptors (Lipinski definition) is 0. The molecule has 0 radical (unpaired) electrons. The van der Waals surface area contributed by atoms with Crippen LogP contribution in [0.4, 0.5) is 0 Å². The lowest BCUT2D eigenvalue weighted by Crippen LogP contribution is -2.29. The molecule has 0 saturated carbocycles. The van der Waals surface area contributed by atoms with Gasteiger partial charge >= 0.3 is 0 Å². The molecule has 0 fully saturated rings. The molecule has 0 N–H and O–H groups in total. The van der Waals surface area contributed by atoms with Crippen LogP contribution in [0.2, 0.25) is 0 Å².